The largest absolute Gasteiger partial charge is 0.464 e. The van der Waals surface area contributed by atoms with Crippen molar-refractivity contribution in [2.45, 2.75) is 6.92 Å². The number of rotatable bonds is 5. The molecule has 0 bridgehead atoms. The molecule has 0 fully saturated rings. The van der Waals surface area contributed by atoms with E-state index in [0.29, 0.717) is 0 Å². The minimum Gasteiger partial charge on any atom is -0.464 e. The number of thiocarbonyl (C=S) groups is 1. The van der Waals surface area contributed by atoms with E-state index in [1.54, 1.807) is 14.0 Å². The Hall–Kier alpha value is -1.41. The SMILES string of the molecule is CCOC(=O)COCC(=O)NNC(=S)NC. The van der Waals surface area contributed by atoms with Crippen LogP contribution in [0.5, 0.6) is 0 Å². The zero-order chi connectivity index (χ0) is 12.4. The molecule has 3 N–H and O–H groups in total. The van der Waals surface area contributed by atoms with Gasteiger partial charge in [-0.25, -0.2) is 4.79 Å². The topological polar surface area (TPSA) is 88.7 Å². The van der Waals surface area contributed by atoms with Crippen molar-refractivity contribution in [1.29, 1.82) is 0 Å². The molecule has 0 atom stereocenters. The molecule has 0 rings (SSSR count). The third kappa shape index (κ3) is 7.94. The normalized spacial score (nSPS) is 9.12. The Morgan fingerprint density at radius 1 is 1.25 bits per heavy atom. The Labute approximate surface area is 98.8 Å². The summed E-state index contributed by atoms with van der Waals surface area (Å²) in [4.78, 5) is 21.9. The fourth-order valence-corrected chi connectivity index (χ4v) is 0.706. The monoisotopic (exact) mass is 249 g/mol. The van der Waals surface area contributed by atoms with Crippen molar-refractivity contribution in [2.24, 2.45) is 0 Å². The fraction of sp³-hybridized carbons (Fsp3) is 0.625. The molecule has 0 aromatic heterocycles. The Kier molecular flexibility index (Phi) is 8.08. The number of carbonyl (C=O) groups excluding carboxylic acids is 2. The van der Waals surface area contributed by atoms with E-state index in [0.717, 1.165) is 0 Å². The first kappa shape index (κ1) is 14.6. The van der Waals surface area contributed by atoms with E-state index in [9.17, 15) is 9.59 Å². The average Bonchev–Trinajstić information content (AvgIpc) is 2.26. The van der Waals surface area contributed by atoms with Gasteiger partial charge in [-0.15, -0.1) is 0 Å². The third-order valence-corrected chi connectivity index (χ3v) is 1.61. The molecule has 16 heavy (non-hydrogen) atoms. The molecular formula is C8H15N3O4S. The van der Waals surface area contributed by atoms with Gasteiger partial charge in [-0.3, -0.25) is 15.6 Å². The Morgan fingerprint density at radius 3 is 2.50 bits per heavy atom. The van der Waals surface area contributed by atoms with Crippen molar-refractivity contribution in [1.82, 2.24) is 16.2 Å². The number of esters is 1. The maximum Gasteiger partial charge on any atom is 0.332 e. The summed E-state index contributed by atoms with van der Waals surface area (Å²) >= 11 is 4.71. The maximum absolute atomic E-state index is 11.1. The second-order valence-corrected chi connectivity index (χ2v) is 2.96. The van der Waals surface area contributed by atoms with E-state index in [4.69, 9.17) is 17.0 Å². The number of ether oxygens (including phenoxy) is 2. The van der Waals surface area contributed by atoms with E-state index in [-0.39, 0.29) is 24.9 Å². The van der Waals surface area contributed by atoms with Gasteiger partial charge in [0, 0.05) is 7.05 Å². The van der Waals surface area contributed by atoms with Crippen LogP contribution < -0.4 is 16.2 Å². The van der Waals surface area contributed by atoms with Gasteiger partial charge in [0.1, 0.15) is 13.2 Å². The smallest absolute Gasteiger partial charge is 0.332 e. The number of carbonyl (C=O) groups is 2. The summed E-state index contributed by atoms with van der Waals surface area (Å²) in [6.07, 6.45) is 0. The van der Waals surface area contributed by atoms with Gasteiger partial charge in [0.15, 0.2) is 5.11 Å². The van der Waals surface area contributed by atoms with Gasteiger partial charge in [0.25, 0.3) is 5.91 Å². The standard InChI is InChI=1S/C8H15N3O4S/c1-3-15-7(13)5-14-4-6(12)10-11-8(16)9-2/h3-5H2,1-2H3,(H,10,12)(H2,9,11,16). The van der Waals surface area contributed by atoms with Crippen LogP contribution >= 0.6 is 12.2 Å². The first-order valence-electron chi connectivity index (χ1n) is 4.60. The van der Waals surface area contributed by atoms with Gasteiger partial charge in [0.2, 0.25) is 0 Å². The Balaban J connectivity index is 3.51. The summed E-state index contributed by atoms with van der Waals surface area (Å²) in [6, 6.07) is 0. The van der Waals surface area contributed by atoms with Crippen LogP contribution in [0.3, 0.4) is 0 Å². The summed E-state index contributed by atoms with van der Waals surface area (Å²) in [5, 5.41) is 2.88. The molecule has 0 spiro atoms. The van der Waals surface area contributed by atoms with Gasteiger partial charge < -0.3 is 14.8 Å². The molecule has 7 nitrogen and oxygen atoms in total. The first-order valence-corrected chi connectivity index (χ1v) is 5.00. The van der Waals surface area contributed by atoms with E-state index < -0.39 is 11.9 Å². The van der Waals surface area contributed by atoms with Crippen LogP contribution in [0.2, 0.25) is 0 Å². The van der Waals surface area contributed by atoms with E-state index in [1.165, 1.54) is 0 Å². The molecule has 0 aliphatic carbocycles. The molecule has 92 valence electrons. The van der Waals surface area contributed by atoms with Crippen LogP contribution in [-0.2, 0) is 19.1 Å². The molecule has 0 aromatic carbocycles. The van der Waals surface area contributed by atoms with Crippen molar-refractivity contribution in [3.05, 3.63) is 0 Å². The highest BCUT2D eigenvalue weighted by Crippen LogP contribution is 1.81. The van der Waals surface area contributed by atoms with Crippen LogP contribution in [0.1, 0.15) is 6.92 Å². The van der Waals surface area contributed by atoms with E-state index in [1.807, 2.05) is 0 Å². The molecule has 0 radical (unpaired) electrons. The number of nitrogens with one attached hydrogen (secondary N) is 3. The molecule has 0 aliphatic heterocycles. The molecule has 1 amide bonds. The summed E-state index contributed by atoms with van der Waals surface area (Å²) in [5.74, 6) is -0.948. The number of hydrogen-bond acceptors (Lipinski definition) is 5. The lowest BCUT2D eigenvalue weighted by Crippen LogP contribution is -2.47. The molecule has 0 saturated heterocycles. The predicted octanol–water partition coefficient (Wildman–Crippen LogP) is -1.31. The Bertz CT molecular complexity index is 260. The third-order valence-electron chi connectivity index (χ3n) is 1.30. The fourth-order valence-electron chi connectivity index (χ4n) is 0.655. The molecule has 0 saturated carbocycles. The van der Waals surface area contributed by atoms with Crippen molar-refractivity contribution in [3.63, 3.8) is 0 Å². The summed E-state index contributed by atoms with van der Waals surface area (Å²) < 4.78 is 9.38. The first-order chi connectivity index (χ1) is 7.60. The van der Waals surface area contributed by atoms with E-state index in [2.05, 4.69) is 20.9 Å². The van der Waals surface area contributed by atoms with Gasteiger partial charge in [0.05, 0.1) is 6.61 Å². The zero-order valence-electron chi connectivity index (χ0n) is 9.16. The van der Waals surface area contributed by atoms with Gasteiger partial charge in [-0.2, -0.15) is 0 Å². The van der Waals surface area contributed by atoms with Gasteiger partial charge >= 0.3 is 5.97 Å². The lowest BCUT2D eigenvalue weighted by Gasteiger charge is -2.08. The quantitative estimate of drug-likeness (QED) is 0.317. The highest BCUT2D eigenvalue weighted by atomic mass is 32.1. The van der Waals surface area contributed by atoms with E-state index >= 15 is 0 Å². The van der Waals surface area contributed by atoms with Crippen molar-refractivity contribution < 1.29 is 19.1 Å². The average molecular weight is 249 g/mol. The second-order valence-electron chi connectivity index (χ2n) is 2.55. The number of amides is 1. The molecule has 0 unspecified atom stereocenters. The molecular weight excluding hydrogens is 234 g/mol. The van der Waals surface area contributed by atoms with Crippen LogP contribution in [0, 0.1) is 0 Å². The van der Waals surface area contributed by atoms with Crippen molar-refractivity contribution in [3.8, 4) is 0 Å². The summed E-state index contributed by atoms with van der Waals surface area (Å²) in [5.41, 5.74) is 4.69. The maximum atomic E-state index is 11.1. The van der Waals surface area contributed by atoms with Crippen LogP contribution in [0.15, 0.2) is 0 Å². The van der Waals surface area contributed by atoms with Crippen LogP contribution in [0.25, 0.3) is 0 Å². The van der Waals surface area contributed by atoms with Crippen LogP contribution in [-0.4, -0.2) is 43.9 Å². The summed E-state index contributed by atoms with van der Waals surface area (Å²) in [6.45, 7) is 1.47. The molecule has 0 aromatic rings. The lowest BCUT2D eigenvalue weighted by molar-refractivity contribution is -0.149. The predicted molar refractivity (Wildman–Crippen MR) is 60.4 cm³/mol. The molecule has 8 heteroatoms. The second kappa shape index (κ2) is 8.86. The Morgan fingerprint density at radius 2 is 1.94 bits per heavy atom. The lowest BCUT2D eigenvalue weighted by atomic mass is 10.6. The number of hydrazine groups is 1. The summed E-state index contributed by atoms with van der Waals surface area (Å²) in [7, 11) is 1.61. The van der Waals surface area contributed by atoms with Crippen LogP contribution in [0.4, 0.5) is 0 Å². The van der Waals surface area contributed by atoms with Crippen molar-refractivity contribution in [2.75, 3.05) is 26.9 Å². The van der Waals surface area contributed by atoms with Gasteiger partial charge in [-0.05, 0) is 19.1 Å². The highest BCUT2D eigenvalue weighted by molar-refractivity contribution is 7.80. The number of hydrogen-bond donors (Lipinski definition) is 3. The highest BCUT2D eigenvalue weighted by Gasteiger charge is 2.05. The molecule has 0 aliphatic rings. The minimum absolute atomic E-state index is 0.252. The zero-order valence-corrected chi connectivity index (χ0v) is 9.98. The van der Waals surface area contributed by atoms with Crippen molar-refractivity contribution >= 4 is 29.2 Å². The minimum atomic E-state index is -0.506. The van der Waals surface area contributed by atoms with Gasteiger partial charge in [-0.1, -0.05) is 0 Å². The molecule has 0 heterocycles.